The van der Waals surface area contributed by atoms with Gasteiger partial charge < -0.3 is 14.8 Å². The highest BCUT2D eigenvalue weighted by Gasteiger charge is 2.38. The molecule has 1 aromatic heterocycles. The van der Waals surface area contributed by atoms with Crippen molar-refractivity contribution in [2.45, 2.75) is 25.5 Å². The molecule has 0 aliphatic carbocycles. The van der Waals surface area contributed by atoms with Crippen molar-refractivity contribution in [3.8, 4) is 11.8 Å². The van der Waals surface area contributed by atoms with Crippen LogP contribution in [0.5, 0.6) is 5.75 Å². The number of benzene rings is 1. The van der Waals surface area contributed by atoms with Gasteiger partial charge in [0, 0.05) is 24.2 Å². The van der Waals surface area contributed by atoms with Gasteiger partial charge in [-0.1, -0.05) is 15.9 Å². The van der Waals surface area contributed by atoms with Crippen LogP contribution < -0.4 is 10.1 Å². The summed E-state index contributed by atoms with van der Waals surface area (Å²) < 4.78 is 14.7. The molecule has 4 rings (SSSR count). The monoisotopic (exact) mass is 390 g/mol. The number of aromatic nitrogens is 2. The summed E-state index contributed by atoms with van der Waals surface area (Å²) in [5.74, 6) is 0.753. The van der Waals surface area contributed by atoms with E-state index in [1.807, 2.05) is 23.0 Å². The Hall–Kier alpha value is -1.62. The molecule has 1 N–H and O–H groups in total. The van der Waals surface area contributed by atoms with Gasteiger partial charge in [0.2, 0.25) is 0 Å². The van der Waals surface area contributed by atoms with Crippen molar-refractivity contribution in [1.29, 1.82) is 5.26 Å². The summed E-state index contributed by atoms with van der Waals surface area (Å²) in [5.41, 5.74) is 0.570. The Balaban J connectivity index is 1.64. The normalized spacial score (nSPS) is 22.8. The van der Waals surface area contributed by atoms with E-state index in [-0.39, 0.29) is 6.23 Å². The third-order valence-electron chi connectivity index (χ3n) is 4.74. The summed E-state index contributed by atoms with van der Waals surface area (Å²) in [6.45, 7) is 2.51. The van der Waals surface area contributed by atoms with Crippen LogP contribution in [0.3, 0.4) is 0 Å². The highest BCUT2D eigenvalue weighted by atomic mass is 79.9. The molecule has 126 valence electrons. The van der Waals surface area contributed by atoms with E-state index in [0.717, 1.165) is 47.0 Å². The van der Waals surface area contributed by atoms with Gasteiger partial charge in [-0.05, 0) is 31.4 Å². The van der Waals surface area contributed by atoms with E-state index in [9.17, 15) is 5.26 Å². The van der Waals surface area contributed by atoms with E-state index in [2.05, 4.69) is 32.4 Å². The highest BCUT2D eigenvalue weighted by Crippen LogP contribution is 2.34. The molecule has 1 aromatic carbocycles. The first-order valence-corrected chi connectivity index (χ1v) is 9.03. The second-order valence-corrected chi connectivity index (χ2v) is 7.45. The quantitative estimate of drug-likeness (QED) is 0.868. The number of nitriles is 1. The Morgan fingerprint density at radius 1 is 1.46 bits per heavy atom. The van der Waals surface area contributed by atoms with Crippen LogP contribution >= 0.6 is 15.9 Å². The fraction of sp³-hybridized carbons (Fsp3) is 0.529. The van der Waals surface area contributed by atoms with Crippen LogP contribution in [0.2, 0.25) is 0 Å². The molecule has 2 fully saturated rings. The van der Waals surface area contributed by atoms with Gasteiger partial charge in [-0.15, -0.1) is 0 Å². The average Bonchev–Trinajstić information content (AvgIpc) is 2.98. The molecule has 2 saturated heterocycles. The summed E-state index contributed by atoms with van der Waals surface area (Å²) in [6, 6.07) is 6.34. The van der Waals surface area contributed by atoms with Gasteiger partial charge in [0.25, 0.3) is 0 Å². The van der Waals surface area contributed by atoms with Gasteiger partial charge in [-0.2, -0.15) is 10.4 Å². The molecular formula is C17H19BrN4O2. The predicted octanol–water partition coefficient (Wildman–Crippen LogP) is 2.99. The molecule has 1 unspecified atom stereocenters. The van der Waals surface area contributed by atoms with Crippen LogP contribution in [0.1, 0.15) is 25.5 Å². The summed E-state index contributed by atoms with van der Waals surface area (Å²) in [6.07, 6.45) is 5.05. The molecule has 0 bridgehead atoms. The smallest absolute Gasteiger partial charge is 0.150 e. The predicted molar refractivity (Wildman–Crippen MR) is 92.7 cm³/mol. The Labute approximate surface area is 148 Å². The lowest BCUT2D eigenvalue weighted by Crippen LogP contribution is -2.55. The van der Waals surface area contributed by atoms with Gasteiger partial charge in [0.1, 0.15) is 17.8 Å². The number of ether oxygens (including phenoxy) is 2. The van der Waals surface area contributed by atoms with E-state index < -0.39 is 5.41 Å². The van der Waals surface area contributed by atoms with Crippen molar-refractivity contribution < 1.29 is 9.47 Å². The van der Waals surface area contributed by atoms with Crippen LogP contribution in [0.25, 0.3) is 10.9 Å². The lowest BCUT2D eigenvalue weighted by atomic mass is 9.84. The fourth-order valence-electron chi connectivity index (χ4n) is 3.20. The molecular weight excluding hydrogens is 372 g/mol. The molecule has 1 atom stereocenters. The van der Waals surface area contributed by atoms with Crippen LogP contribution in [-0.2, 0) is 4.74 Å². The third kappa shape index (κ3) is 2.79. The molecule has 0 spiro atoms. The molecule has 6 nitrogen and oxygen atoms in total. The van der Waals surface area contributed by atoms with Crippen LogP contribution in [-0.4, -0.2) is 36.1 Å². The van der Waals surface area contributed by atoms with Gasteiger partial charge in [0.15, 0.2) is 6.23 Å². The maximum absolute atomic E-state index is 9.34. The maximum atomic E-state index is 9.34. The number of hydrogen-bond donors (Lipinski definition) is 1. The van der Waals surface area contributed by atoms with E-state index in [0.29, 0.717) is 19.7 Å². The zero-order valence-electron chi connectivity index (χ0n) is 13.3. The minimum absolute atomic E-state index is 0.0142. The minimum atomic E-state index is -0.420. The molecule has 2 aliphatic heterocycles. The number of fused-ring (bicyclic) bond motifs is 1. The van der Waals surface area contributed by atoms with Crippen LogP contribution in [0.4, 0.5) is 0 Å². The molecule has 0 radical (unpaired) electrons. The minimum Gasteiger partial charge on any atom is -0.491 e. The molecule has 0 saturated carbocycles. The molecule has 0 amide bonds. The van der Waals surface area contributed by atoms with Gasteiger partial charge >= 0.3 is 0 Å². The first-order chi connectivity index (χ1) is 11.7. The van der Waals surface area contributed by atoms with E-state index in [1.165, 1.54) is 0 Å². The molecule has 24 heavy (non-hydrogen) atoms. The van der Waals surface area contributed by atoms with Crippen molar-refractivity contribution in [3.05, 3.63) is 22.8 Å². The second kappa shape index (κ2) is 6.36. The first kappa shape index (κ1) is 15.9. The second-order valence-electron chi connectivity index (χ2n) is 6.53. The fourth-order valence-corrected chi connectivity index (χ4v) is 3.63. The lowest BCUT2D eigenvalue weighted by molar-refractivity contribution is -0.0366. The van der Waals surface area contributed by atoms with Crippen molar-refractivity contribution in [2.75, 3.05) is 26.3 Å². The number of nitrogens with one attached hydrogen (secondary N) is 1. The van der Waals surface area contributed by atoms with Crippen LogP contribution in [0.15, 0.2) is 22.8 Å². The zero-order valence-corrected chi connectivity index (χ0v) is 14.9. The number of rotatable bonds is 4. The van der Waals surface area contributed by atoms with E-state index in [1.54, 1.807) is 0 Å². The molecule has 3 heterocycles. The first-order valence-electron chi connectivity index (χ1n) is 8.24. The van der Waals surface area contributed by atoms with Crippen molar-refractivity contribution in [1.82, 2.24) is 15.1 Å². The highest BCUT2D eigenvalue weighted by molar-refractivity contribution is 9.10. The van der Waals surface area contributed by atoms with Gasteiger partial charge in [0.05, 0.1) is 23.2 Å². The van der Waals surface area contributed by atoms with Gasteiger partial charge in [-0.3, -0.25) is 0 Å². The molecule has 2 aromatic rings. The SMILES string of the molecule is N#CC1(COc2cc(Br)cc3c2cnn3C2CCCCO2)CNC1. The van der Waals surface area contributed by atoms with Crippen molar-refractivity contribution in [2.24, 2.45) is 5.41 Å². The third-order valence-corrected chi connectivity index (χ3v) is 5.20. The topological polar surface area (TPSA) is 72.1 Å². The summed E-state index contributed by atoms with van der Waals surface area (Å²) >= 11 is 3.56. The van der Waals surface area contributed by atoms with E-state index in [4.69, 9.17) is 9.47 Å². The Morgan fingerprint density at radius 2 is 2.33 bits per heavy atom. The van der Waals surface area contributed by atoms with Crippen molar-refractivity contribution in [3.63, 3.8) is 0 Å². The van der Waals surface area contributed by atoms with E-state index >= 15 is 0 Å². The molecule has 7 heteroatoms. The summed E-state index contributed by atoms with van der Waals surface area (Å²) in [7, 11) is 0. The van der Waals surface area contributed by atoms with Gasteiger partial charge in [-0.25, -0.2) is 4.68 Å². The Kier molecular flexibility index (Phi) is 4.21. The Morgan fingerprint density at radius 3 is 3.00 bits per heavy atom. The van der Waals surface area contributed by atoms with Crippen molar-refractivity contribution >= 4 is 26.8 Å². The lowest BCUT2D eigenvalue weighted by Gasteiger charge is -2.35. The summed E-state index contributed by atoms with van der Waals surface area (Å²) in [4.78, 5) is 0. The largest absolute Gasteiger partial charge is 0.491 e. The number of nitrogens with zero attached hydrogens (tertiary/aromatic N) is 3. The number of hydrogen-bond acceptors (Lipinski definition) is 5. The van der Waals surface area contributed by atoms with Crippen LogP contribution in [0, 0.1) is 16.7 Å². The standard InChI is InChI=1S/C17H19BrN4O2/c18-12-5-14-13(7-21-22(14)16-3-1-2-4-23-16)15(6-12)24-11-17(8-19)9-20-10-17/h5-7,16,20H,1-4,9-11H2. The average molecular weight is 391 g/mol. The molecule has 2 aliphatic rings. The number of halogens is 1. The summed E-state index contributed by atoms with van der Waals surface area (Å²) in [5, 5.41) is 18.0. The Bertz CT molecular complexity index is 788. The zero-order chi connectivity index (χ0) is 16.6. The maximum Gasteiger partial charge on any atom is 0.150 e.